The lowest BCUT2D eigenvalue weighted by Gasteiger charge is -2.20. The first kappa shape index (κ1) is 35.9. The molecule has 218 valence electrons. The molecular formula is C33H63NO3. The molecule has 0 aromatic carbocycles. The Labute approximate surface area is 230 Å². The van der Waals surface area contributed by atoms with E-state index in [4.69, 9.17) is 0 Å². The van der Waals surface area contributed by atoms with Crippen LogP contribution in [0.25, 0.3) is 0 Å². The van der Waals surface area contributed by atoms with Gasteiger partial charge in [-0.25, -0.2) is 0 Å². The summed E-state index contributed by atoms with van der Waals surface area (Å²) < 4.78 is 0. The van der Waals surface area contributed by atoms with Crippen LogP contribution in [0.2, 0.25) is 0 Å². The summed E-state index contributed by atoms with van der Waals surface area (Å²) in [6.45, 7) is 4.24. The van der Waals surface area contributed by atoms with Gasteiger partial charge >= 0.3 is 0 Å². The maximum Gasteiger partial charge on any atom is 0.220 e. The summed E-state index contributed by atoms with van der Waals surface area (Å²) in [6.07, 6.45) is 35.4. The van der Waals surface area contributed by atoms with Crippen molar-refractivity contribution in [3.05, 3.63) is 24.3 Å². The third-order valence-electron chi connectivity index (χ3n) is 7.18. The Morgan fingerprint density at radius 1 is 0.622 bits per heavy atom. The summed E-state index contributed by atoms with van der Waals surface area (Å²) in [4.78, 5) is 12.2. The standard InChI is InChI=1S/C33H63NO3/c1-3-5-7-9-11-13-14-15-16-17-18-19-20-21-23-25-27-29-33(37)34-31(30-35)32(36)28-26-24-22-12-10-8-6-4-2/h15-16,26,28,31-32,35-36H,3-14,17-25,27,29-30H2,1-2H3,(H,34,37)/b16-15-,28-26+. The van der Waals surface area contributed by atoms with Crippen LogP contribution in [0, 0.1) is 0 Å². The minimum absolute atomic E-state index is 0.0739. The smallest absolute Gasteiger partial charge is 0.220 e. The molecule has 37 heavy (non-hydrogen) atoms. The monoisotopic (exact) mass is 521 g/mol. The van der Waals surface area contributed by atoms with Crippen LogP contribution in [0.4, 0.5) is 0 Å². The molecule has 1 amide bonds. The minimum atomic E-state index is -0.834. The fourth-order valence-electron chi connectivity index (χ4n) is 4.64. The van der Waals surface area contributed by atoms with Crippen LogP contribution in [0.5, 0.6) is 0 Å². The molecule has 0 aromatic heterocycles. The van der Waals surface area contributed by atoms with Gasteiger partial charge in [0.1, 0.15) is 0 Å². The molecule has 0 aromatic rings. The average Bonchev–Trinajstić information content (AvgIpc) is 2.90. The van der Waals surface area contributed by atoms with Crippen molar-refractivity contribution < 1.29 is 15.0 Å². The highest BCUT2D eigenvalue weighted by molar-refractivity contribution is 5.76. The van der Waals surface area contributed by atoms with Gasteiger partial charge in [0.25, 0.3) is 0 Å². The largest absolute Gasteiger partial charge is 0.394 e. The molecule has 0 rings (SSSR count). The number of amides is 1. The molecule has 0 aliphatic heterocycles. The van der Waals surface area contributed by atoms with E-state index < -0.39 is 12.1 Å². The zero-order chi connectivity index (χ0) is 27.2. The molecule has 0 saturated carbocycles. The molecule has 4 heteroatoms. The van der Waals surface area contributed by atoms with Crippen molar-refractivity contribution in [3.8, 4) is 0 Å². The molecule has 0 radical (unpaired) electrons. The number of hydrogen-bond acceptors (Lipinski definition) is 3. The van der Waals surface area contributed by atoms with Gasteiger partial charge in [0.05, 0.1) is 18.8 Å². The Balaban J connectivity index is 3.62. The van der Waals surface area contributed by atoms with Gasteiger partial charge in [-0.1, -0.05) is 134 Å². The lowest BCUT2D eigenvalue weighted by atomic mass is 10.1. The Morgan fingerprint density at radius 2 is 1.03 bits per heavy atom. The van der Waals surface area contributed by atoms with E-state index in [1.165, 1.54) is 116 Å². The maximum absolute atomic E-state index is 12.2. The molecule has 0 spiro atoms. The molecule has 0 bridgehead atoms. The summed E-state index contributed by atoms with van der Waals surface area (Å²) in [5.74, 6) is -0.0739. The molecular weight excluding hydrogens is 458 g/mol. The highest BCUT2D eigenvalue weighted by Gasteiger charge is 2.17. The third kappa shape index (κ3) is 26.3. The van der Waals surface area contributed by atoms with Gasteiger partial charge in [0.2, 0.25) is 5.91 Å². The van der Waals surface area contributed by atoms with Gasteiger partial charge in [-0.05, 0) is 44.9 Å². The highest BCUT2D eigenvalue weighted by atomic mass is 16.3. The number of carbonyl (C=O) groups excluding carboxylic acids is 1. The summed E-state index contributed by atoms with van der Waals surface area (Å²) in [5.41, 5.74) is 0. The van der Waals surface area contributed by atoms with E-state index in [1.54, 1.807) is 6.08 Å². The second kappa shape index (κ2) is 29.4. The molecule has 0 fully saturated rings. The van der Waals surface area contributed by atoms with E-state index in [2.05, 4.69) is 31.3 Å². The molecule has 0 aliphatic rings. The molecule has 0 aliphatic carbocycles. The summed E-state index contributed by atoms with van der Waals surface area (Å²) in [7, 11) is 0. The number of allylic oxidation sites excluding steroid dienone is 3. The van der Waals surface area contributed by atoms with Gasteiger partial charge in [-0.15, -0.1) is 0 Å². The normalized spacial score (nSPS) is 13.5. The van der Waals surface area contributed by atoms with Crippen LogP contribution in [0.15, 0.2) is 24.3 Å². The first-order valence-electron chi connectivity index (χ1n) is 16.1. The highest BCUT2D eigenvalue weighted by Crippen LogP contribution is 2.12. The zero-order valence-corrected chi connectivity index (χ0v) is 24.7. The Bertz CT molecular complexity index is 532. The molecule has 0 saturated heterocycles. The molecule has 2 unspecified atom stereocenters. The number of aliphatic hydroxyl groups is 2. The Morgan fingerprint density at radius 3 is 1.49 bits per heavy atom. The summed E-state index contributed by atoms with van der Waals surface area (Å²) in [5, 5.41) is 22.7. The van der Waals surface area contributed by atoms with Crippen molar-refractivity contribution in [2.24, 2.45) is 0 Å². The molecule has 0 heterocycles. The van der Waals surface area contributed by atoms with Crippen LogP contribution in [-0.2, 0) is 4.79 Å². The lowest BCUT2D eigenvalue weighted by molar-refractivity contribution is -0.123. The Kier molecular flexibility index (Phi) is 28.5. The minimum Gasteiger partial charge on any atom is -0.394 e. The van der Waals surface area contributed by atoms with Gasteiger partial charge in [0, 0.05) is 6.42 Å². The van der Waals surface area contributed by atoms with Crippen LogP contribution in [0.3, 0.4) is 0 Å². The second-order valence-electron chi connectivity index (χ2n) is 10.9. The first-order chi connectivity index (χ1) is 18.2. The SMILES string of the molecule is CCCCCCCC/C=C\CCCCCCCCCC(=O)NC(CO)C(O)/C=C/CCCCCCCC. The molecule has 2 atom stereocenters. The van der Waals surface area contributed by atoms with Crippen LogP contribution in [-0.4, -0.2) is 34.9 Å². The number of nitrogens with one attached hydrogen (secondary N) is 1. The molecule has 4 nitrogen and oxygen atoms in total. The van der Waals surface area contributed by atoms with Crippen molar-refractivity contribution in [2.45, 2.75) is 174 Å². The second-order valence-corrected chi connectivity index (χ2v) is 10.9. The first-order valence-corrected chi connectivity index (χ1v) is 16.1. The van der Waals surface area contributed by atoms with Crippen molar-refractivity contribution in [1.29, 1.82) is 0 Å². The van der Waals surface area contributed by atoms with E-state index >= 15 is 0 Å². The van der Waals surface area contributed by atoms with Crippen molar-refractivity contribution in [1.82, 2.24) is 5.32 Å². The number of rotatable bonds is 28. The van der Waals surface area contributed by atoms with E-state index in [1.807, 2.05) is 6.08 Å². The van der Waals surface area contributed by atoms with E-state index in [9.17, 15) is 15.0 Å². The lowest BCUT2D eigenvalue weighted by Crippen LogP contribution is -2.45. The maximum atomic E-state index is 12.2. The average molecular weight is 522 g/mol. The van der Waals surface area contributed by atoms with Crippen LogP contribution in [0.1, 0.15) is 162 Å². The van der Waals surface area contributed by atoms with E-state index in [0.717, 1.165) is 25.7 Å². The number of hydrogen-bond donors (Lipinski definition) is 3. The third-order valence-corrected chi connectivity index (χ3v) is 7.18. The van der Waals surface area contributed by atoms with Crippen molar-refractivity contribution in [2.75, 3.05) is 6.61 Å². The summed E-state index contributed by atoms with van der Waals surface area (Å²) >= 11 is 0. The quantitative estimate of drug-likeness (QED) is 0.0711. The van der Waals surface area contributed by atoms with Gasteiger partial charge in [0.15, 0.2) is 0 Å². The fraction of sp³-hybridized carbons (Fsp3) is 0.848. The topological polar surface area (TPSA) is 69.6 Å². The van der Waals surface area contributed by atoms with Gasteiger partial charge in [-0.2, -0.15) is 0 Å². The van der Waals surface area contributed by atoms with E-state index in [0.29, 0.717) is 6.42 Å². The number of carbonyl (C=O) groups is 1. The Hall–Kier alpha value is -1.13. The molecule has 3 N–H and O–H groups in total. The van der Waals surface area contributed by atoms with Crippen LogP contribution >= 0.6 is 0 Å². The fourth-order valence-corrected chi connectivity index (χ4v) is 4.64. The van der Waals surface area contributed by atoms with Crippen molar-refractivity contribution >= 4 is 5.91 Å². The predicted molar refractivity (Wildman–Crippen MR) is 161 cm³/mol. The van der Waals surface area contributed by atoms with Gasteiger partial charge in [-0.3, -0.25) is 4.79 Å². The summed E-state index contributed by atoms with van der Waals surface area (Å²) in [6, 6.07) is -0.617. The number of unbranched alkanes of at least 4 members (excludes halogenated alkanes) is 19. The van der Waals surface area contributed by atoms with Gasteiger partial charge < -0.3 is 15.5 Å². The predicted octanol–water partition coefficient (Wildman–Crippen LogP) is 8.95. The van der Waals surface area contributed by atoms with E-state index in [-0.39, 0.29) is 12.5 Å². The number of aliphatic hydroxyl groups excluding tert-OH is 2. The zero-order valence-electron chi connectivity index (χ0n) is 24.7. The van der Waals surface area contributed by atoms with Crippen LogP contribution < -0.4 is 5.32 Å². The van der Waals surface area contributed by atoms with Crippen molar-refractivity contribution in [3.63, 3.8) is 0 Å².